The van der Waals surface area contributed by atoms with Gasteiger partial charge in [0.05, 0.1) is 4.47 Å². The number of oxazole rings is 1. The Kier molecular flexibility index (Phi) is 2.91. The van der Waals surface area contributed by atoms with Gasteiger partial charge in [0.15, 0.2) is 12.1 Å². The fraction of sp³-hybridized carbons (Fsp3) is 0. The first kappa shape index (κ1) is 10.7. The molecule has 0 aliphatic heterocycles. The Bertz CT molecular complexity index is 511. The molecule has 5 nitrogen and oxygen atoms in total. The van der Waals surface area contributed by atoms with E-state index in [2.05, 4.69) is 25.3 Å². The molecule has 1 heterocycles. The largest absolute Gasteiger partial charge is 0.451 e. The van der Waals surface area contributed by atoms with Gasteiger partial charge in [-0.25, -0.2) is 9.78 Å². The lowest BCUT2D eigenvalue weighted by atomic mass is 10.3. The molecule has 0 unspecified atom stereocenters. The summed E-state index contributed by atoms with van der Waals surface area (Å²) in [5, 5.41) is 0. The number of carbonyl (C=O) groups is 1. The number of ether oxygens (including phenoxy) is 1. The monoisotopic (exact) mass is 282 g/mol. The number of aromatic nitrogens is 1. The second-order valence-corrected chi connectivity index (χ2v) is 3.81. The van der Waals surface area contributed by atoms with Crippen LogP contribution in [0.1, 0.15) is 10.5 Å². The van der Waals surface area contributed by atoms with Crippen LogP contribution in [0.2, 0.25) is 0 Å². The molecule has 0 saturated carbocycles. The number of halogens is 1. The Morgan fingerprint density at radius 3 is 2.94 bits per heavy atom. The van der Waals surface area contributed by atoms with Gasteiger partial charge in [0.1, 0.15) is 12.0 Å². The quantitative estimate of drug-likeness (QED) is 0.519. The fourth-order valence-electron chi connectivity index (χ4n) is 1.07. The van der Waals surface area contributed by atoms with Gasteiger partial charge in [-0.1, -0.05) is 0 Å². The number of carbonyl (C=O) groups excluding carboxylic acids is 1. The molecule has 0 atom stereocenters. The minimum absolute atomic E-state index is 0.115. The lowest BCUT2D eigenvalue weighted by molar-refractivity contribution is 0.0727. The SMILES string of the molecule is Nc1ccc(OC(=O)c2cocn2)c(Br)c1. The molecule has 0 bridgehead atoms. The van der Waals surface area contributed by atoms with E-state index < -0.39 is 5.97 Å². The summed E-state index contributed by atoms with van der Waals surface area (Å²) < 4.78 is 10.4. The van der Waals surface area contributed by atoms with Gasteiger partial charge < -0.3 is 14.9 Å². The molecule has 1 aromatic carbocycles. The smallest absolute Gasteiger partial charge is 0.365 e. The number of nitrogens with two attached hydrogens (primary N) is 1. The molecule has 82 valence electrons. The van der Waals surface area contributed by atoms with Crippen LogP contribution in [-0.2, 0) is 0 Å². The predicted molar refractivity (Wildman–Crippen MR) is 60.0 cm³/mol. The van der Waals surface area contributed by atoms with Crippen LogP contribution in [-0.4, -0.2) is 11.0 Å². The molecule has 1 aromatic heterocycles. The molecule has 6 heteroatoms. The molecule has 0 radical (unpaired) electrons. The molecule has 0 fully saturated rings. The zero-order valence-electron chi connectivity index (χ0n) is 8.01. The maximum atomic E-state index is 11.5. The first-order chi connectivity index (χ1) is 7.66. The Labute approximate surface area is 99.3 Å². The Morgan fingerprint density at radius 2 is 2.31 bits per heavy atom. The van der Waals surface area contributed by atoms with Crippen LogP contribution in [0.25, 0.3) is 0 Å². The molecule has 2 aromatic rings. The highest BCUT2D eigenvalue weighted by atomic mass is 79.9. The average molecular weight is 283 g/mol. The standard InChI is InChI=1S/C10H7BrN2O3/c11-7-3-6(12)1-2-9(7)16-10(14)8-4-15-5-13-8/h1-5H,12H2. The topological polar surface area (TPSA) is 78.4 Å². The molecule has 0 saturated heterocycles. The fourth-order valence-corrected chi connectivity index (χ4v) is 1.54. The minimum Gasteiger partial charge on any atom is -0.451 e. The van der Waals surface area contributed by atoms with E-state index in [0.717, 1.165) is 6.39 Å². The van der Waals surface area contributed by atoms with E-state index in [1.54, 1.807) is 18.2 Å². The third kappa shape index (κ3) is 2.22. The van der Waals surface area contributed by atoms with Crippen LogP contribution in [0, 0.1) is 0 Å². The van der Waals surface area contributed by atoms with E-state index >= 15 is 0 Å². The van der Waals surface area contributed by atoms with Crippen molar-refractivity contribution in [1.82, 2.24) is 4.98 Å². The number of benzene rings is 1. The van der Waals surface area contributed by atoms with Crippen molar-refractivity contribution in [1.29, 1.82) is 0 Å². The summed E-state index contributed by atoms with van der Waals surface area (Å²) in [6.45, 7) is 0. The second-order valence-electron chi connectivity index (χ2n) is 2.95. The number of rotatable bonds is 2. The van der Waals surface area contributed by atoms with Gasteiger partial charge >= 0.3 is 5.97 Å². The normalized spacial score (nSPS) is 10.1. The Hall–Kier alpha value is -1.82. The minimum atomic E-state index is -0.584. The van der Waals surface area contributed by atoms with Crippen LogP contribution in [0.4, 0.5) is 5.69 Å². The average Bonchev–Trinajstić information content (AvgIpc) is 2.75. The molecule has 16 heavy (non-hydrogen) atoms. The van der Waals surface area contributed by atoms with Crippen LogP contribution >= 0.6 is 15.9 Å². The Morgan fingerprint density at radius 1 is 1.50 bits per heavy atom. The van der Waals surface area contributed by atoms with Gasteiger partial charge in [-0.2, -0.15) is 0 Å². The number of anilines is 1. The molecular weight excluding hydrogens is 276 g/mol. The van der Waals surface area contributed by atoms with Gasteiger partial charge in [-0.3, -0.25) is 0 Å². The summed E-state index contributed by atoms with van der Waals surface area (Å²) in [7, 11) is 0. The predicted octanol–water partition coefficient (Wildman–Crippen LogP) is 2.24. The highest BCUT2D eigenvalue weighted by Crippen LogP contribution is 2.27. The van der Waals surface area contributed by atoms with Crippen molar-refractivity contribution in [2.24, 2.45) is 0 Å². The zero-order chi connectivity index (χ0) is 11.5. The maximum Gasteiger partial charge on any atom is 0.365 e. The molecule has 0 aliphatic rings. The summed E-state index contributed by atoms with van der Waals surface area (Å²) in [5.74, 6) is -0.207. The van der Waals surface area contributed by atoms with Gasteiger partial charge in [-0.15, -0.1) is 0 Å². The molecular formula is C10H7BrN2O3. The van der Waals surface area contributed by atoms with Crippen molar-refractivity contribution in [2.75, 3.05) is 5.73 Å². The van der Waals surface area contributed by atoms with E-state index in [1.165, 1.54) is 6.26 Å². The second kappa shape index (κ2) is 4.36. The van der Waals surface area contributed by atoms with E-state index in [0.29, 0.717) is 15.9 Å². The van der Waals surface area contributed by atoms with E-state index in [1.807, 2.05) is 0 Å². The van der Waals surface area contributed by atoms with Crippen molar-refractivity contribution in [2.45, 2.75) is 0 Å². The molecule has 0 amide bonds. The van der Waals surface area contributed by atoms with Gasteiger partial charge in [-0.05, 0) is 34.1 Å². The first-order valence-corrected chi connectivity index (χ1v) is 5.11. The van der Waals surface area contributed by atoms with Crippen molar-refractivity contribution in [3.05, 3.63) is 41.0 Å². The van der Waals surface area contributed by atoms with Gasteiger partial charge in [0.2, 0.25) is 0 Å². The van der Waals surface area contributed by atoms with Crippen molar-refractivity contribution in [3.8, 4) is 5.75 Å². The number of nitrogen functional groups attached to an aromatic ring is 1. The van der Waals surface area contributed by atoms with Crippen LogP contribution in [0.3, 0.4) is 0 Å². The Balaban J connectivity index is 2.18. The molecule has 0 aliphatic carbocycles. The lowest BCUT2D eigenvalue weighted by Crippen LogP contribution is -2.09. The molecule has 0 spiro atoms. The summed E-state index contributed by atoms with van der Waals surface area (Å²) in [6, 6.07) is 4.87. The number of hydrogen-bond acceptors (Lipinski definition) is 5. The zero-order valence-corrected chi connectivity index (χ0v) is 9.60. The third-order valence-corrected chi connectivity index (χ3v) is 2.42. The van der Waals surface area contributed by atoms with Crippen LogP contribution in [0.15, 0.2) is 39.7 Å². The summed E-state index contributed by atoms with van der Waals surface area (Å²) in [5.41, 5.74) is 6.25. The summed E-state index contributed by atoms with van der Waals surface area (Å²) >= 11 is 3.24. The van der Waals surface area contributed by atoms with Crippen LogP contribution in [0.5, 0.6) is 5.75 Å². The van der Waals surface area contributed by atoms with E-state index in [4.69, 9.17) is 10.5 Å². The third-order valence-electron chi connectivity index (χ3n) is 1.80. The van der Waals surface area contributed by atoms with Crippen molar-refractivity contribution in [3.63, 3.8) is 0 Å². The molecule has 2 N–H and O–H groups in total. The summed E-state index contributed by atoms with van der Waals surface area (Å²) in [6.07, 6.45) is 2.38. The highest BCUT2D eigenvalue weighted by Gasteiger charge is 2.13. The van der Waals surface area contributed by atoms with E-state index in [9.17, 15) is 4.79 Å². The highest BCUT2D eigenvalue weighted by molar-refractivity contribution is 9.10. The lowest BCUT2D eigenvalue weighted by Gasteiger charge is -2.04. The van der Waals surface area contributed by atoms with Gasteiger partial charge in [0.25, 0.3) is 0 Å². The van der Waals surface area contributed by atoms with Crippen molar-refractivity contribution < 1.29 is 13.9 Å². The number of esters is 1. The summed E-state index contributed by atoms with van der Waals surface area (Å²) in [4.78, 5) is 15.2. The molecule has 2 rings (SSSR count). The van der Waals surface area contributed by atoms with Gasteiger partial charge in [0, 0.05) is 5.69 Å². The first-order valence-electron chi connectivity index (χ1n) is 4.32. The number of hydrogen-bond donors (Lipinski definition) is 1. The van der Waals surface area contributed by atoms with E-state index in [-0.39, 0.29) is 5.69 Å². The van der Waals surface area contributed by atoms with Crippen molar-refractivity contribution >= 4 is 27.6 Å². The van der Waals surface area contributed by atoms with Crippen LogP contribution < -0.4 is 10.5 Å². The maximum absolute atomic E-state index is 11.5. The number of nitrogens with zero attached hydrogens (tertiary/aromatic N) is 1.